The maximum atomic E-state index is 11.5. The predicted molar refractivity (Wildman–Crippen MR) is 82.6 cm³/mol. The van der Waals surface area contributed by atoms with Gasteiger partial charge in [0.1, 0.15) is 5.69 Å². The van der Waals surface area contributed by atoms with Gasteiger partial charge in [-0.3, -0.25) is 10.1 Å². The molecule has 2 unspecified atom stereocenters. The zero-order valence-electron chi connectivity index (χ0n) is 13.2. The summed E-state index contributed by atoms with van der Waals surface area (Å²) in [5.74, 6) is 1.05. The number of hydrogen-bond donors (Lipinski definition) is 1. The molecule has 1 aliphatic heterocycles. The Morgan fingerprint density at radius 1 is 1.52 bits per heavy atom. The average Bonchev–Trinajstić information content (AvgIpc) is 2.76. The number of piperidine rings is 1. The molecule has 7 nitrogen and oxygen atoms in total. The van der Waals surface area contributed by atoms with E-state index in [4.69, 9.17) is 5.73 Å². The monoisotopic (exact) mass is 295 g/mol. The van der Waals surface area contributed by atoms with Gasteiger partial charge in [0, 0.05) is 25.2 Å². The first-order valence-corrected chi connectivity index (χ1v) is 7.58. The van der Waals surface area contributed by atoms with Gasteiger partial charge in [0.2, 0.25) is 5.82 Å². The van der Waals surface area contributed by atoms with Crippen molar-refractivity contribution in [3.63, 3.8) is 0 Å². The number of aryl methyl sites for hydroxylation is 1. The number of nitro groups is 1. The molecule has 0 amide bonds. The van der Waals surface area contributed by atoms with Gasteiger partial charge in [-0.05, 0) is 39.5 Å². The van der Waals surface area contributed by atoms with Crippen molar-refractivity contribution in [3.8, 4) is 0 Å². The van der Waals surface area contributed by atoms with Crippen LogP contribution in [0.25, 0.3) is 0 Å². The fourth-order valence-corrected chi connectivity index (χ4v) is 3.24. The smallest absolute Gasteiger partial charge is 0.333 e. The van der Waals surface area contributed by atoms with Gasteiger partial charge in [0.15, 0.2) is 0 Å². The fraction of sp³-hybridized carbons (Fsp3) is 0.786. The van der Waals surface area contributed by atoms with E-state index in [1.54, 1.807) is 11.6 Å². The highest BCUT2D eigenvalue weighted by atomic mass is 16.6. The minimum absolute atomic E-state index is 0.0723. The van der Waals surface area contributed by atoms with E-state index in [0.29, 0.717) is 24.0 Å². The van der Waals surface area contributed by atoms with Crippen molar-refractivity contribution in [2.24, 2.45) is 11.7 Å². The average molecular weight is 295 g/mol. The van der Waals surface area contributed by atoms with Crippen molar-refractivity contribution in [3.05, 3.63) is 15.8 Å². The SMILES string of the molecule is Cc1nn(C(C)C)c(N2CCCC(C)C2CN)c1[N+](=O)[O-]. The molecular formula is C14H25N5O2. The molecule has 7 heteroatoms. The van der Waals surface area contributed by atoms with Gasteiger partial charge in [-0.25, -0.2) is 4.68 Å². The van der Waals surface area contributed by atoms with Gasteiger partial charge >= 0.3 is 5.69 Å². The van der Waals surface area contributed by atoms with Crippen molar-refractivity contribution in [2.45, 2.75) is 52.6 Å². The third kappa shape index (κ3) is 2.74. The van der Waals surface area contributed by atoms with Crippen LogP contribution in [0.1, 0.15) is 45.3 Å². The zero-order valence-corrected chi connectivity index (χ0v) is 13.2. The maximum Gasteiger partial charge on any atom is 0.333 e. The highest BCUT2D eigenvalue weighted by Gasteiger charge is 2.37. The molecule has 1 fully saturated rings. The Kier molecular flexibility index (Phi) is 4.51. The molecule has 21 heavy (non-hydrogen) atoms. The van der Waals surface area contributed by atoms with Gasteiger partial charge in [0.25, 0.3) is 0 Å². The summed E-state index contributed by atoms with van der Waals surface area (Å²) >= 11 is 0. The molecule has 1 aromatic heterocycles. The molecule has 2 atom stereocenters. The van der Waals surface area contributed by atoms with Crippen LogP contribution < -0.4 is 10.6 Å². The summed E-state index contributed by atoms with van der Waals surface area (Å²) in [7, 11) is 0. The first-order chi connectivity index (χ1) is 9.88. The molecule has 1 aromatic rings. The van der Waals surface area contributed by atoms with Crippen LogP contribution in [0.5, 0.6) is 0 Å². The number of nitrogens with zero attached hydrogens (tertiary/aromatic N) is 4. The lowest BCUT2D eigenvalue weighted by atomic mass is 9.90. The maximum absolute atomic E-state index is 11.5. The number of rotatable bonds is 4. The summed E-state index contributed by atoms with van der Waals surface area (Å²) in [4.78, 5) is 13.3. The molecule has 2 rings (SSSR count). The lowest BCUT2D eigenvalue weighted by molar-refractivity contribution is -0.384. The minimum atomic E-state index is -0.316. The molecule has 0 radical (unpaired) electrons. The molecule has 0 aromatic carbocycles. The lowest BCUT2D eigenvalue weighted by Gasteiger charge is -2.40. The molecule has 2 N–H and O–H groups in total. The zero-order chi connectivity index (χ0) is 15.7. The van der Waals surface area contributed by atoms with E-state index in [9.17, 15) is 10.1 Å². The van der Waals surface area contributed by atoms with Crippen LogP contribution in [0.2, 0.25) is 0 Å². The van der Waals surface area contributed by atoms with E-state index in [-0.39, 0.29) is 22.7 Å². The van der Waals surface area contributed by atoms with Crippen LogP contribution in [0.4, 0.5) is 11.5 Å². The van der Waals surface area contributed by atoms with Crippen LogP contribution in [0.3, 0.4) is 0 Å². The molecule has 2 heterocycles. The van der Waals surface area contributed by atoms with Crippen LogP contribution >= 0.6 is 0 Å². The number of hydrogen-bond acceptors (Lipinski definition) is 5. The topological polar surface area (TPSA) is 90.2 Å². The van der Waals surface area contributed by atoms with Gasteiger partial charge < -0.3 is 10.6 Å². The van der Waals surface area contributed by atoms with Crippen molar-refractivity contribution < 1.29 is 4.92 Å². The van der Waals surface area contributed by atoms with Crippen LogP contribution in [-0.2, 0) is 0 Å². The Bertz CT molecular complexity index is 526. The van der Waals surface area contributed by atoms with Crippen LogP contribution in [0.15, 0.2) is 0 Å². The molecule has 118 valence electrons. The Morgan fingerprint density at radius 3 is 2.71 bits per heavy atom. The third-order valence-electron chi connectivity index (χ3n) is 4.33. The van der Waals surface area contributed by atoms with E-state index in [1.807, 2.05) is 13.8 Å². The summed E-state index contributed by atoms with van der Waals surface area (Å²) in [6.07, 6.45) is 2.14. The largest absolute Gasteiger partial charge is 0.347 e. The van der Waals surface area contributed by atoms with Crippen molar-refractivity contribution in [2.75, 3.05) is 18.0 Å². The van der Waals surface area contributed by atoms with Gasteiger partial charge in [-0.15, -0.1) is 0 Å². The van der Waals surface area contributed by atoms with Gasteiger partial charge in [-0.1, -0.05) is 6.92 Å². The minimum Gasteiger partial charge on any atom is -0.347 e. The second-order valence-electron chi connectivity index (χ2n) is 6.17. The summed E-state index contributed by atoms with van der Waals surface area (Å²) in [5, 5.41) is 15.9. The Balaban J connectivity index is 2.57. The van der Waals surface area contributed by atoms with E-state index in [2.05, 4.69) is 16.9 Å². The lowest BCUT2D eigenvalue weighted by Crippen LogP contribution is -2.49. The molecule has 0 aliphatic carbocycles. The van der Waals surface area contributed by atoms with Crippen LogP contribution in [-0.4, -0.2) is 33.8 Å². The molecule has 0 saturated carbocycles. The Hall–Kier alpha value is -1.63. The molecule has 0 spiro atoms. The highest BCUT2D eigenvalue weighted by Crippen LogP contribution is 2.38. The fourth-order valence-electron chi connectivity index (χ4n) is 3.24. The highest BCUT2D eigenvalue weighted by molar-refractivity contribution is 5.62. The van der Waals surface area contributed by atoms with E-state index >= 15 is 0 Å². The molecule has 0 bridgehead atoms. The number of aromatic nitrogens is 2. The third-order valence-corrected chi connectivity index (χ3v) is 4.33. The Morgan fingerprint density at radius 2 is 2.19 bits per heavy atom. The van der Waals surface area contributed by atoms with E-state index < -0.39 is 0 Å². The molecule has 1 saturated heterocycles. The summed E-state index contributed by atoms with van der Waals surface area (Å²) in [6.45, 7) is 9.14. The van der Waals surface area contributed by atoms with E-state index in [0.717, 1.165) is 19.4 Å². The first kappa shape index (κ1) is 15.8. The summed E-state index contributed by atoms with van der Waals surface area (Å²) < 4.78 is 1.77. The Labute approximate surface area is 125 Å². The molecular weight excluding hydrogens is 270 g/mol. The van der Waals surface area contributed by atoms with Gasteiger partial charge in [0.05, 0.1) is 4.92 Å². The van der Waals surface area contributed by atoms with Crippen LogP contribution in [0, 0.1) is 23.0 Å². The van der Waals surface area contributed by atoms with Gasteiger partial charge in [-0.2, -0.15) is 5.10 Å². The second-order valence-corrected chi connectivity index (χ2v) is 6.17. The van der Waals surface area contributed by atoms with E-state index in [1.165, 1.54) is 0 Å². The predicted octanol–water partition coefficient (Wildman–Crippen LogP) is 2.24. The standard InChI is InChI=1S/C14H25N5O2/c1-9(2)18-14(13(19(20)21)11(4)16-18)17-7-5-6-10(3)12(17)8-15/h9-10,12H,5-8,15H2,1-4H3. The summed E-state index contributed by atoms with van der Waals surface area (Å²) in [6, 6.07) is 0.203. The first-order valence-electron chi connectivity index (χ1n) is 7.58. The normalized spacial score (nSPS) is 22.9. The number of anilines is 1. The quantitative estimate of drug-likeness (QED) is 0.679. The van der Waals surface area contributed by atoms with Crippen molar-refractivity contribution in [1.29, 1.82) is 0 Å². The van der Waals surface area contributed by atoms with Crippen molar-refractivity contribution in [1.82, 2.24) is 9.78 Å². The van der Waals surface area contributed by atoms with Crippen molar-refractivity contribution >= 4 is 11.5 Å². The summed E-state index contributed by atoms with van der Waals surface area (Å²) in [5.41, 5.74) is 6.53. The second kappa shape index (κ2) is 6.01. The molecule has 1 aliphatic rings. The number of nitrogens with two attached hydrogens (primary N) is 1.